The average Bonchev–Trinajstić information content (AvgIpc) is 2.79. The monoisotopic (exact) mass is 416 g/mol. The quantitative estimate of drug-likeness (QED) is 0.413. The third kappa shape index (κ3) is 3.48. The molecule has 1 atom stereocenters. The predicted molar refractivity (Wildman–Crippen MR) is 127 cm³/mol. The van der Waals surface area contributed by atoms with E-state index >= 15 is 0 Å². The molecule has 0 radical (unpaired) electrons. The molecule has 0 bridgehead atoms. The zero-order valence-electron chi connectivity index (χ0n) is 17.2. The van der Waals surface area contributed by atoms with Gasteiger partial charge in [0.15, 0.2) is 0 Å². The van der Waals surface area contributed by atoms with E-state index in [2.05, 4.69) is 71.3 Å². The summed E-state index contributed by atoms with van der Waals surface area (Å²) in [6.07, 6.45) is 1.03. The van der Waals surface area contributed by atoms with Crippen LogP contribution in [0.25, 0.3) is 10.9 Å². The van der Waals surface area contributed by atoms with Crippen molar-refractivity contribution < 1.29 is 0 Å². The van der Waals surface area contributed by atoms with Gasteiger partial charge in [0.2, 0.25) is 5.95 Å². The minimum absolute atomic E-state index is 0. The highest BCUT2D eigenvalue weighted by Gasteiger charge is 2.27. The van der Waals surface area contributed by atoms with Gasteiger partial charge in [0.05, 0.1) is 11.6 Å². The number of hydrogen-bond donors (Lipinski definition) is 0. The van der Waals surface area contributed by atoms with Gasteiger partial charge in [-0.3, -0.25) is 0 Å². The summed E-state index contributed by atoms with van der Waals surface area (Å²) in [5.74, 6) is 1.73. The zero-order valence-corrected chi connectivity index (χ0v) is 18.0. The highest BCUT2D eigenvalue weighted by atomic mass is 35.5. The van der Waals surface area contributed by atoms with E-state index < -0.39 is 0 Å². The lowest BCUT2D eigenvalue weighted by Crippen LogP contribution is -2.35. The minimum Gasteiger partial charge on any atom is -0.349 e. The Balaban J connectivity index is 0.00000218. The number of hydrogen-bond acceptors (Lipinski definition) is 4. The molecular formula is C25H25ClN4. The van der Waals surface area contributed by atoms with Crippen LogP contribution in [0.2, 0.25) is 0 Å². The van der Waals surface area contributed by atoms with Crippen LogP contribution in [0.15, 0.2) is 78.9 Å². The second kappa shape index (κ2) is 8.33. The predicted octanol–water partition coefficient (Wildman–Crippen LogP) is 5.94. The summed E-state index contributed by atoms with van der Waals surface area (Å²) in [6.45, 7) is 3.23. The van der Waals surface area contributed by atoms with Gasteiger partial charge >= 0.3 is 0 Å². The molecule has 0 saturated heterocycles. The fraction of sp³-hybridized carbons (Fsp3) is 0.200. The van der Waals surface area contributed by atoms with Crippen LogP contribution in [-0.4, -0.2) is 23.6 Å². The molecule has 0 aliphatic carbocycles. The van der Waals surface area contributed by atoms with Gasteiger partial charge in [0, 0.05) is 24.7 Å². The highest BCUT2D eigenvalue weighted by Crippen LogP contribution is 2.37. The summed E-state index contributed by atoms with van der Waals surface area (Å²) in [7, 11) is 2.03. The largest absolute Gasteiger partial charge is 0.349 e. The van der Waals surface area contributed by atoms with E-state index in [1.54, 1.807) is 0 Å². The molecule has 0 amide bonds. The third-order valence-corrected chi connectivity index (χ3v) is 5.88. The second-order valence-corrected chi connectivity index (χ2v) is 7.58. The Morgan fingerprint density at radius 3 is 2.40 bits per heavy atom. The van der Waals surface area contributed by atoms with Gasteiger partial charge in [-0.05, 0) is 48.7 Å². The molecule has 0 fully saturated rings. The Labute approximate surface area is 183 Å². The number of para-hydroxylation sites is 2. The number of nitrogens with zero attached hydrogens (tertiary/aromatic N) is 4. The van der Waals surface area contributed by atoms with Crippen molar-refractivity contribution >= 4 is 40.8 Å². The summed E-state index contributed by atoms with van der Waals surface area (Å²) >= 11 is 0. The Kier molecular flexibility index (Phi) is 5.60. The van der Waals surface area contributed by atoms with Crippen LogP contribution >= 0.6 is 12.4 Å². The van der Waals surface area contributed by atoms with Crippen molar-refractivity contribution in [1.29, 1.82) is 0 Å². The van der Waals surface area contributed by atoms with Crippen LogP contribution in [0.4, 0.5) is 17.5 Å². The molecule has 152 valence electrons. The normalized spacial score (nSPS) is 15.4. The van der Waals surface area contributed by atoms with Crippen LogP contribution in [0, 0.1) is 0 Å². The van der Waals surface area contributed by atoms with Crippen LogP contribution in [0.1, 0.15) is 24.1 Å². The van der Waals surface area contributed by atoms with E-state index in [0.717, 1.165) is 41.3 Å². The van der Waals surface area contributed by atoms with Gasteiger partial charge in [0.1, 0.15) is 5.82 Å². The molecule has 5 rings (SSSR count). The molecule has 1 aromatic heterocycles. The topological polar surface area (TPSA) is 32.3 Å². The van der Waals surface area contributed by atoms with Crippen LogP contribution < -0.4 is 9.80 Å². The number of benzene rings is 3. The number of fused-ring (bicyclic) bond motifs is 2. The first kappa shape index (κ1) is 20.2. The SMILES string of the molecule is CC1c2ccccc2CCN1c1nc(N(C)c2ccccc2)nc2ccccc12.Cl. The molecule has 0 saturated carbocycles. The van der Waals surface area contributed by atoms with E-state index in [9.17, 15) is 0 Å². The maximum absolute atomic E-state index is 5.06. The standard InChI is InChI=1S/C25H24N4.ClH/c1-18-21-13-7-6-10-19(21)16-17-29(18)24-22-14-8-9-15-23(22)26-25(27-24)28(2)20-11-4-3-5-12-20;/h3-15,18H,16-17H2,1-2H3;1H. The highest BCUT2D eigenvalue weighted by molar-refractivity contribution is 5.91. The molecule has 1 aliphatic rings. The van der Waals surface area contributed by atoms with Crippen molar-refractivity contribution in [3.8, 4) is 0 Å². The summed E-state index contributed by atoms with van der Waals surface area (Å²) in [4.78, 5) is 14.4. The Morgan fingerprint density at radius 2 is 1.57 bits per heavy atom. The van der Waals surface area contributed by atoms with Gasteiger partial charge < -0.3 is 9.80 Å². The maximum atomic E-state index is 5.06. The lowest BCUT2D eigenvalue weighted by molar-refractivity contribution is 0.619. The summed E-state index contributed by atoms with van der Waals surface area (Å²) in [5, 5.41) is 1.10. The number of rotatable bonds is 3. The molecular weight excluding hydrogens is 392 g/mol. The van der Waals surface area contributed by atoms with E-state index in [-0.39, 0.29) is 18.4 Å². The maximum Gasteiger partial charge on any atom is 0.232 e. The molecule has 5 heteroatoms. The van der Waals surface area contributed by atoms with Gasteiger partial charge in [-0.1, -0.05) is 54.6 Å². The lowest BCUT2D eigenvalue weighted by Gasteiger charge is -2.37. The van der Waals surface area contributed by atoms with Crippen molar-refractivity contribution in [2.45, 2.75) is 19.4 Å². The first-order chi connectivity index (χ1) is 14.2. The van der Waals surface area contributed by atoms with E-state index in [0.29, 0.717) is 0 Å². The molecule has 4 nitrogen and oxygen atoms in total. The van der Waals surface area contributed by atoms with Crippen molar-refractivity contribution in [3.63, 3.8) is 0 Å². The van der Waals surface area contributed by atoms with Gasteiger partial charge in [-0.15, -0.1) is 12.4 Å². The molecule has 0 N–H and O–H groups in total. The minimum atomic E-state index is 0. The van der Waals surface area contributed by atoms with E-state index in [1.807, 2.05) is 31.3 Å². The molecule has 1 unspecified atom stereocenters. The molecule has 30 heavy (non-hydrogen) atoms. The molecule has 2 heterocycles. The van der Waals surface area contributed by atoms with Gasteiger partial charge in [-0.25, -0.2) is 4.98 Å². The number of aromatic nitrogens is 2. The number of anilines is 3. The second-order valence-electron chi connectivity index (χ2n) is 7.58. The summed E-state index contributed by atoms with van der Waals surface area (Å²) in [6, 6.07) is 27.6. The van der Waals surface area contributed by atoms with E-state index in [4.69, 9.17) is 9.97 Å². The Hall–Kier alpha value is -3.11. The number of halogens is 1. The average molecular weight is 417 g/mol. The van der Waals surface area contributed by atoms with Crippen molar-refractivity contribution in [2.24, 2.45) is 0 Å². The van der Waals surface area contributed by atoms with Crippen molar-refractivity contribution in [1.82, 2.24) is 9.97 Å². The molecule has 4 aromatic rings. The third-order valence-electron chi connectivity index (χ3n) is 5.88. The Bertz CT molecular complexity index is 1160. The van der Waals surface area contributed by atoms with E-state index in [1.165, 1.54) is 11.1 Å². The fourth-order valence-electron chi connectivity index (χ4n) is 4.25. The molecule has 0 spiro atoms. The summed E-state index contributed by atoms with van der Waals surface area (Å²) < 4.78 is 0. The smallest absolute Gasteiger partial charge is 0.232 e. The first-order valence-corrected chi connectivity index (χ1v) is 10.1. The van der Waals surface area contributed by atoms with Crippen LogP contribution in [0.3, 0.4) is 0 Å². The summed E-state index contributed by atoms with van der Waals surface area (Å²) in [5.41, 5.74) is 4.88. The van der Waals surface area contributed by atoms with Crippen molar-refractivity contribution in [3.05, 3.63) is 90.0 Å². The molecule has 3 aromatic carbocycles. The van der Waals surface area contributed by atoms with Crippen molar-refractivity contribution in [2.75, 3.05) is 23.4 Å². The molecule has 1 aliphatic heterocycles. The van der Waals surface area contributed by atoms with Gasteiger partial charge in [0.25, 0.3) is 0 Å². The van der Waals surface area contributed by atoms with Crippen LogP contribution in [-0.2, 0) is 6.42 Å². The Morgan fingerprint density at radius 1 is 0.867 bits per heavy atom. The lowest BCUT2D eigenvalue weighted by atomic mass is 9.93. The van der Waals surface area contributed by atoms with Crippen LogP contribution in [0.5, 0.6) is 0 Å². The van der Waals surface area contributed by atoms with Gasteiger partial charge in [-0.2, -0.15) is 4.98 Å². The fourth-order valence-corrected chi connectivity index (χ4v) is 4.25. The zero-order chi connectivity index (χ0) is 19.8. The first-order valence-electron chi connectivity index (χ1n) is 10.1.